The molecule has 3 nitrogen and oxygen atoms in total. The van der Waals surface area contributed by atoms with Crippen LogP contribution in [0.25, 0.3) is 0 Å². The molecule has 14 heteroatoms. The number of hydrogen-bond donors (Lipinski definition) is 0. The lowest BCUT2D eigenvalue weighted by atomic mass is 9.99. The average Bonchev–Trinajstić information content (AvgIpc) is 2.95. The first-order valence-electron chi connectivity index (χ1n) is 8.97. The van der Waals surface area contributed by atoms with Crippen LogP contribution in [0.2, 0.25) is 5.02 Å². The summed E-state index contributed by atoms with van der Waals surface area (Å²) in [6, 6.07) is 1.62. The van der Waals surface area contributed by atoms with Crippen molar-refractivity contribution in [2.75, 3.05) is 0 Å². The lowest BCUT2D eigenvalue weighted by Crippen LogP contribution is -2.32. The topological polar surface area (TPSA) is 33.2 Å². The molecular weight excluding hydrogens is 511 g/mol. The Morgan fingerprint density at radius 3 is 1.97 bits per heavy atom. The van der Waals surface area contributed by atoms with Crippen LogP contribution in [0.1, 0.15) is 40.3 Å². The van der Waals surface area contributed by atoms with E-state index >= 15 is 0 Å². The monoisotopic (exact) mass is 522 g/mol. The molecule has 1 saturated heterocycles. The van der Waals surface area contributed by atoms with E-state index in [1.807, 2.05) is 0 Å². The van der Waals surface area contributed by atoms with Gasteiger partial charge in [-0.2, -0.15) is 39.5 Å². The SMILES string of the molecule is C[C@H]1[C@@H](c2cc(C(F)(F)F)cc(C(F)(F)F)c2)SC(=O)N1Cc1nc(C(F)(F)F)ccc1Cl. The predicted molar refractivity (Wildman–Crippen MR) is 101 cm³/mol. The van der Waals surface area contributed by atoms with E-state index in [0.717, 1.165) is 11.0 Å². The van der Waals surface area contributed by atoms with Crippen LogP contribution in [-0.2, 0) is 25.1 Å². The second-order valence-corrected chi connectivity index (χ2v) is 8.63. The molecule has 1 amide bonds. The zero-order chi connectivity index (χ0) is 24.9. The summed E-state index contributed by atoms with van der Waals surface area (Å²) in [6.45, 7) is 0.842. The number of alkyl halides is 9. The number of pyridine rings is 1. The molecule has 1 fully saturated rings. The van der Waals surface area contributed by atoms with Crippen molar-refractivity contribution >= 4 is 28.6 Å². The van der Waals surface area contributed by atoms with E-state index in [4.69, 9.17) is 11.6 Å². The van der Waals surface area contributed by atoms with Crippen LogP contribution in [0.5, 0.6) is 0 Å². The fraction of sp³-hybridized carbons (Fsp3) is 0.368. The van der Waals surface area contributed by atoms with Gasteiger partial charge in [0.2, 0.25) is 0 Å². The number of aromatic nitrogens is 1. The Hall–Kier alpha value is -2.15. The molecule has 1 aliphatic rings. The number of amides is 1. The fourth-order valence-corrected chi connectivity index (χ4v) is 4.58. The molecule has 2 aromatic rings. The number of thioether (sulfide) groups is 1. The van der Waals surface area contributed by atoms with Gasteiger partial charge in [-0.1, -0.05) is 23.4 Å². The normalized spacial score (nSPS) is 20.0. The van der Waals surface area contributed by atoms with Crippen LogP contribution >= 0.6 is 23.4 Å². The van der Waals surface area contributed by atoms with Gasteiger partial charge < -0.3 is 4.90 Å². The predicted octanol–water partition coefficient (Wildman–Crippen LogP) is 7.59. The maximum atomic E-state index is 13.2. The summed E-state index contributed by atoms with van der Waals surface area (Å²) in [5, 5.41) is -2.09. The number of nitrogens with zero attached hydrogens (tertiary/aromatic N) is 2. The molecule has 0 N–H and O–H groups in total. The van der Waals surface area contributed by atoms with Gasteiger partial charge in [0.05, 0.1) is 33.6 Å². The van der Waals surface area contributed by atoms with Crippen LogP contribution in [0.15, 0.2) is 30.3 Å². The number of rotatable bonds is 3. The summed E-state index contributed by atoms with van der Waals surface area (Å²) >= 11 is 6.36. The van der Waals surface area contributed by atoms with Gasteiger partial charge in [-0.05, 0) is 42.8 Å². The van der Waals surface area contributed by atoms with Crippen LogP contribution < -0.4 is 0 Å². The van der Waals surface area contributed by atoms with Crippen molar-refractivity contribution in [3.05, 3.63) is 63.4 Å². The number of hydrogen-bond acceptors (Lipinski definition) is 3. The fourth-order valence-electron chi connectivity index (χ4n) is 3.22. The molecular formula is C19H12ClF9N2OS. The van der Waals surface area contributed by atoms with Crippen molar-refractivity contribution in [3.63, 3.8) is 0 Å². The summed E-state index contributed by atoms with van der Waals surface area (Å²) in [6.07, 6.45) is -14.9. The molecule has 1 aromatic carbocycles. The van der Waals surface area contributed by atoms with Crippen LogP contribution in [0.4, 0.5) is 44.3 Å². The maximum Gasteiger partial charge on any atom is 0.433 e. The summed E-state index contributed by atoms with van der Waals surface area (Å²) in [7, 11) is 0. The summed E-state index contributed by atoms with van der Waals surface area (Å²) in [5.74, 6) is 0. The highest BCUT2D eigenvalue weighted by molar-refractivity contribution is 8.14. The minimum absolute atomic E-state index is 0.0281. The van der Waals surface area contributed by atoms with Crippen molar-refractivity contribution in [3.8, 4) is 0 Å². The molecule has 0 radical (unpaired) electrons. The van der Waals surface area contributed by atoms with Gasteiger partial charge >= 0.3 is 18.5 Å². The van der Waals surface area contributed by atoms with Crippen LogP contribution in [-0.4, -0.2) is 21.2 Å². The van der Waals surface area contributed by atoms with Gasteiger partial charge in [-0.15, -0.1) is 0 Å². The van der Waals surface area contributed by atoms with Gasteiger partial charge in [-0.25, -0.2) is 4.98 Å². The molecule has 0 spiro atoms. The van der Waals surface area contributed by atoms with E-state index in [1.54, 1.807) is 0 Å². The highest BCUT2D eigenvalue weighted by Crippen LogP contribution is 2.47. The lowest BCUT2D eigenvalue weighted by molar-refractivity contribution is -0.143. The average molecular weight is 523 g/mol. The van der Waals surface area contributed by atoms with Gasteiger partial charge in [0.15, 0.2) is 0 Å². The molecule has 2 atom stereocenters. The Morgan fingerprint density at radius 2 is 1.48 bits per heavy atom. The molecule has 3 rings (SSSR count). The van der Waals surface area contributed by atoms with Crippen molar-refractivity contribution in [2.45, 2.75) is 43.3 Å². The molecule has 1 aromatic heterocycles. The van der Waals surface area contributed by atoms with Gasteiger partial charge in [-0.3, -0.25) is 4.79 Å². The highest BCUT2D eigenvalue weighted by atomic mass is 35.5. The Kier molecular flexibility index (Phi) is 6.61. The van der Waals surface area contributed by atoms with Crippen molar-refractivity contribution in [2.24, 2.45) is 0 Å². The third-order valence-electron chi connectivity index (χ3n) is 4.86. The molecule has 0 saturated carbocycles. The van der Waals surface area contributed by atoms with Crippen molar-refractivity contribution in [1.29, 1.82) is 0 Å². The third-order valence-corrected chi connectivity index (χ3v) is 6.56. The molecule has 180 valence electrons. The maximum absolute atomic E-state index is 13.2. The molecule has 0 unspecified atom stereocenters. The first-order chi connectivity index (χ1) is 15.0. The summed E-state index contributed by atoms with van der Waals surface area (Å²) in [5.41, 5.74) is -5.04. The largest absolute Gasteiger partial charge is 0.433 e. The van der Waals surface area contributed by atoms with E-state index in [0.29, 0.717) is 30.0 Å². The zero-order valence-electron chi connectivity index (χ0n) is 16.2. The van der Waals surface area contributed by atoms with E-state index in [2.05, 4.69) is 4.98 Å². The first kappa shape index (κ1) is 25.5. The first-order valence-corrected chi connectivity index (χ1v) is 10.2. The smallest absolute Gasteiger partial charge is 0.323 e. The Labute approximate surface area is 189 Å². The zero-order valence-corrected chi connectivity index (χ0v) is 17.8. The van der Waals surface area contributed by atoms with Crippen LogP contribution in [0, 0.1) is 0 Å². The summed E-state index contributed by atoms with van der Waals surface area (Å²) in [4.78, 5) is 16.9. The molecule has 0 aliphatic carbocycles. The number of halogens is 10. The van der Waals surface area contributed by atoms with Gasteiger partial charge in [0.1, 0.15) is 5.69 Å². The molecule has 2 heterocycles. The number of benzene rings is 1. The van der Waals surface area contributed by atoms with E-state index in [1.165, 1.54) is 6.92 Å². The summed E-state index contributed by atoms with van der Waals surface area (Å²) < 4.78 is 118. The lowest BCUT2D eigenvalue weighted by Gasteiger charge is -2.25. The van der Waals surface area contributed by atoms with Crippen molar-refractivity contribution < 1.29 is 44.3 Å². The Balaban J connectivity index is 1.96. The van der Waals surface area contributed by atoms with Gasteiger partial charge in [0.25, 0.3) is 5.24 Å². The quantitative estimate of drug-likeness (QED) is 0.389. The molecule has 1 aliphatic heterocycles. The molecule has 33 heavy (non-hydrogen) atoms. The Bertz CT molecular complexity index is 1040. The van der Waals surface area contributed by atoms with Gasteiger partial charge in [0, 0.05) is 6.04 Å². The standard InChI is InChI=1S/C19H12ClF9N2OS/c1-8-15(9-4-10(17(21,22)23)6-11(5-9)18(24,25)26)33-16(32)31(8)7-13-12(20)2-3-14(30-13)19(27,28)29/h2-6,8,15H,7H2,1H3/t8-,15-/m0/s1. The number of carbonyl (C=O) groups is 1. The van der Waals surface area contributed by atoms with E-state index in [9.17, 15) is 44.3 Å². The highest BCUT2D eigenvalue weighted by Gasteiger charge is 2.43. The van der Waals surface area contributed by atoms with E-state index < -0.39 is 64.0 Å². The minimum Gasteiger partial charge on any atom is -0.323 e. The Morgan fingerprint density at radius 1 is 0.939 bits per heavy atom. The number of carbonyl (C=O) groups excluding carboxylic acids is 1. The van der Waals surface area contributed by atoms with E-state index in [-0.39, 0.29) is 16.8 Å². The minimum atomic E-state index is -5.07. The second kappa shape index (κ2) is 8.57. The second-order valence-electron chi connectivity index (χ2n) is 7.13. The third kappa shape index (κ3) is 5.51. The van der Waals surface area contributed by atoms with Crippen molar-refractivity contribution in [1.82, 2.24) is 9.88 Å². The van der Waals surface area contributed by atoms with Crippen LogP contribution in [0.3, 0.4) is 0 Å². The molecule has 0 bridgehead atoms.